The van der Waals surface area contributed by atoms with Gasteiger partial charge in [-0.15, -0.1) is 0 Å². The van der Waals surface area contributed by atoms with Crippen molar-refractivity contribution in [2.24, 2.45) is 16.6 Å². The molecule has 0 spiro atoms. The minimum atomic E-state index is 0.500. The van der Waals surface area contributed by atoms with Gasteiger partial charge in [-0.1, -0.05) is 26.7 Å². The first-order valence-electron chi connectivity index (χ1n) is 7.04. The van der Waals surface area contributed by atoms with E-state index >= 15 is 0 Å². The largest absolute Gasteiger partial charge is 0.330 e. The number of hydrogen-bond donors (Lipinski definition) is 1. The Morgan fingerprint density at radius 1 is 1.12 bits per heavy atom. The maximum absolute atomic E-state index is 5.94. The minimum Gasteiger partial charge on any atom is -0.330 e. The molecule has 0 unspecified atom stereocenters. The van der Waals surface area contributed by atoms with Crippen molar-refractivity contribution in [3.8, 4) is 0 Å². The quantitative estimate of drug-likeness (QED) is 0.795. The van der Waals surface area contributed by atoms with Crippen LogP contribution in [-0.2, 0) is 0 Å². The summed E-state index contributed by atoms with van der Waals surface area (Å²) < 4.78 is 0. The molecule has 0 bridgehead atoms. The summed E-state index contributed by atoms with van der Waals surface area (Å²) in [5.41, 5.74) is 7.06. The van der Waals surface area contributed by atoms with Crippen molar-refractivity contribution in [3.05, 3.63) is 0 Å². The molecule has 1 saturated carbocycles. The maximum Gasteiger partial charge on any atom is 0.00501 e. The lowest BCUT2D eigenvalue weighted by atomic mass is 9.68. The van der Waals surface area contributed by atoms with E-state index in [1.165, 1.54) is 58.2 Å². The minimum absolute atomic E-state index is 0.500. The molecule has 1 heterocycles. The fourth-order valence-electron chi connectivity index (χ4n) is 3.18. The van der Waals surface area contributed by atoms with Crippen molar-refractivity contribution in [2.45, 2.75) is 52.4 Å². The van der Waals surface area contributed by atoms with Crippen molar-refractivity contribution in [1.29, 1.82) is 0 Å². The van der Waals surface area contributed by atoms with Gasteiger partial charge in [0, 0.05) is 6.54 Å². The molecule has 0 aromatic heterocycles. The van der Waals surface area contributed by atoms with E-state index in [0.717, 1.165) is 6.54 Å². The molecular formula is C14H28N2. The Hall–Kier alpha value is -0.0800. The first-order chi connectivity index (χ1) is 7.61. The van der Waals surface area contributed by atoms with Crippen molar-refractivity contribution >= 4 is 0 Å². The maximum atomic E-state index is 5.94. The van der Waals surface area contributed by atoms with E-state index in [2.05, 4.69) is 18.7 Å². The van der Waals surface area contributed by atoms with Gasteiger partial charge in [0.1, 0.15) is 0 Å². The number of nitrogens with two attached hydrogens (primary N) is 1. The summed E-state index contributed by atoms with van der Waals surface area (Å²) in [4.78, 5) is 2.67. The van der Waals surface area contributed by atoms with Crippen LogP contribution in [0.3, 0.4) is 0 Å². The second-order valence-corrected chi connectivity index (χ2v) is 6.50. The number of nitrogens with zero attached hydrogens (tertiary/aromatic N) is 1. The van der Waals surface area contributed by atoms with E-state index in [0.29, 0.717) is 10.8 Å². The van der Waals surface area contributed by atoms with Gasteiger partial charge in [-0.2, -0.15) is 0 Å². The summed E-state index contributed by atoms with van der Waals surface area (Å²) in [6, 6.07) is 0. The molecule has 1 saturated heterocycles. The summed E-state index contributed by atoms with van der Waals surface area (Å²) >= 11 is 0. The van der Waals surface area contributed by atoms with Gasteiger partial charge in [-0.05, 0) is 56.1 Å². The number of hydrogen-bond acceptors (Lipinski definition) is 2. The molecule has 0 aromatic carbocycles. The summed E-state index contributed by atoms with van der Waals surface area (Å²) in [5, 5.41) is 0. The molecular weight excluding hydrogens is 196 g/mol. The van der Waals surface area contributed by atoms with Gasteiger partial charge in [0.15, 0.2) is 0 Å². The number of likely N-dealkylation sites (tertiary alicyclic amines) is 1. The highest BCUT2D eigenvalue weighted by molar-refractivity contribution is 4.93. The molecule has 16 heavy (non-hydrogen) atoms. The normalized spacial score (nSPS) is 28.7. The predicted molar refractivity (Wildman–Crippen MR) is 69.4 cm³/mol. The van der Waals surface area contributed by atoms with Crippen molar-refractivity contribution < 1.29 is 0 Å². The van der Waals surface area contributed by atoms with Crippen LogP contribution in [0.25, 0.3) is 0 Å². The predicted octanol–water partition coefficient (Wildman–Crippen LogP) is 2.63. The fraction of sp³-hybridized carbons (Fsp3) is 1.00. The van der Waals surface area contributed by atoms with Crippen LogP contribution in [0, 0.1) is 10.8 Å². The topological polar surface area (TPSA) is 29.3 Å². The SMILES string of the molecule is CCC1(C)CCN(CC2(CN)CCC2)CC1. The zero-order chi connectivity index (χ0) is 11.6. The molecule has 0 radical (unpaired) electrons. The average molecular weight is 224 g/mol. The molecule has 2 fully saturated rings. The molecule has 2 aliphatic rings. The van der Waals surface area contributed by atoms with Crippen LogP contribution in [-0.4, -0.2) is 31.1 Å². The monoisotopic (exact) mass is 224 g/mol. The van der Waals surface area contributed by atoms with Crippen LogP contribution in [0.15, 0.2) is 0 Å². The van der Waals surface area contributed by atoms with Crippen LogP contribution in [0.4, 0.5) is 0 Å². The third kappa shape index (κ3) is 2.43. The zero-order valence-corrected chi connectivity index (χ0v) is 11.1. The molecule has 2 nitrogen and oxygen atoms in total. The highest BCUT2D eigenvalue weighted by Crippen LogP contribution is 2.42. The third-order valence-corrected chi connectivity index (χ3v) is 5.32. The molecule has 1 aliphatic heterocycles. The Labute approximate surface area is 101 Å². The first kappa shape index (κ1) is 12.4. The second-order valence-electron chi connectivity index (χ2n) is 6.50. The van der Waals surface area contributed by atoms with Crippen LogP contribution in [0.2, 0.25) is 0 Å². The third-order valence-electron chi connectivity index (χ3n) is 5.32. The lowest BCUT2D eigenvalue weighted by molar-refractivity contribution is 0.0358. The average Bonchev–Trinajstić information content (AvgIpc) is 2.26. The first-order valence-corrected chi connectivity index (χ1v) is 7.04. The molecule has 0 aromatic rings. The standard InChI is InChI=1S/C14H28N2/c1-3-13(2)7-9-16(10-8-13)12-14(11-15)5-4-6-14/h3-12,15H2,1-2H3. The van der Waals surface area contributed by atoms with Crippen molar-refractivity contribution in [2.75, 3.05) is 26.2 Å². The Morgan fingerprint density at radius 2 is 1.75 bits per heavy atom. The molecule has 2 rings (SSSR count). The van der Waals surface area contributed by atoms with Crippen LogP contribution >= 0.6 is 0 Å². The lowest BCUT2D eigenvalue weighted by Gasteiger charge is -2.47. The van der Waals surface area contributed by atoms with Gasteiger partial charge in [-0.3, -0.25) is 0 Å². The van der Waals surface area contributed by atoms with E-state index in [1.807, 2.05) is 0 Å². The molecule has 2 N–H and O–H groups in total. The van der Waals surface area contributed by atoms with Crippen molar-refractivity contribution in [3.63, 3.8) is 0 Å². The van der Waals surface area contributed by atoms with E-state index in [1.54, 1.807) is 0 Å². The van der Waals surface area contributed by atoms with Crippen molar-refractivity contribution in [1.82, 2.24) is 4.90 Å². The van der Waals surface area contributed by atoms with Gasteiger partial charge in [-0.25, -0.2) is 0 Å². The molecule has 2 heteroatoms. The van der Waals surface area contributed by atoms with Crippen LogP contribution < -0.4 is 5.73 Å². The van der Waals surface area contributed by atoms with Gasteiger partial charge < -0.3 is 10.6 Å². The van der Waals surface area contributed by atoms with E-state index in [4.69, 9.17) is 5.73 Å². The highest BCUT2D eigenvalue weighted by Gasteiger charge is 2.38. The summed E-state index contributed by atoms with van der Waals surface area (Å²) in [5.74, 6) is 0. The number of rotatable bonds is 4. The summed E-state index contributed by atoms with van der Waals surface area (Å²) in [6.07, 6.45) is 8.23. The van der Waals surface area contributed by atoms with E-state index in [-0.39, 0.29) is 0 Å². The van der Waals surface area contributed by atoms with Gasteiger partial charge in [0.05, 0.1) is 0 Å². The Kier molecular flexibility index (Phi) is 3.60. The highest BCUT2D eigenvalue weighted by atomic mass is 15.1. The lowest BCUT2D eigenvalue weighted by Crippen LogP contribution is -2.50. The second kappa shape index (κ2) is 4.66. The Morgan fingerprint density at radius 3 is 2.12 bits per heavy atom. The van der Waals surface area contributed by atoms with Crippen LogP contribution in [0.5, 0.6) is 0 Å². The van der Waals surface area contributed by atoms with Gasteiger partial charge in [0.2, 0.25) is 0 Å². The molecule has 94 valence electrons. The molecule has 0 amide bonds. The number of piperidine rings is 1. The summed E-state index contributed by atoms with van der Waals surface area (Å²) in [7, 11) is 0. The Bertz CT molecular complexity index is 219. The fourth-order valence-corrected chi connectivity index (χ4v) is 3.18. The summed E-state index contributed by atoms with van der Waals surface area (Å²) in [6.45, 7) is 9.55. The zero-order valence-electron chi connectivity index (χ0n) is 11.1. The smallest absolute Gasteiger partial charge is 0.00501 e. The van der Waals surface area contributed by atoms with E-state index in [9.17, 15) is 0 Å². The molecule has 0 atom stereocenters. The van der Waals surface area contributed by atoms with Gasteiger partial charge >= 0.3 is 0 Å². The van der Waals surface area contributed by atoms with Crippen LogP contribution in [0.1, 0.15) is 52.4 Å². The molecule has 1 aliphatic carbocycles. The Balaban J connectivity index is 1.81. The van der Waals surface area contributed by atoms with Gasteiger partial charge in [0.25, 0.3) is 0 Å². The van der Waals surface area contributed by atoms with E-state index < -0.39 is 0 Å².